The van der Waals surface area contributed by atoms with Gasteiger partial charge < -0.3 is 15.0 Å². The van der Waals surface area contributed by atoms with Crippen LogP contribution in [-0.2, 0) is 0 Å². The van der Waals surface area contributed by atoms with Crippen LogP contribution >= 0.6 is 0 Å². The van der Waals surface area contributed by atoms with Crippen LogP contribution in [-0.4, -0.2) is 32.8 Å². The van der Waals surface area contributed by atoms with Gasteiger partial charge in [0.25, 0.3) is 0 Å². The number of hydrogen-bond donors (Lipinski definition) is 1. The maximum atomic E-state index is 13.5. The molecule has 2 rings (SSSR count). The van der Waals surface area contributed by atoms with Crippen molar-refractivity contribution in [3.63, 3.8) is 0 Å². The van der Waals surface area contributed by atoms with Crippen molar-refractivity contribution in [2.24, 2.45) is 0 Å². The van der Waals surface area contributed by atoms with Crippen molar-refractivity contribution in [2.75, 3.05) is 37.7 Å². The molecule has 1 fully saturated rings. The van der Waals surface area contributed by atoms with Crippen molar-refractivity contribution in [3.05, 3.63) is 24.0 Å². The lowest BCUT2D eigenvalue weighted by Gasteiger charge is -2.30. The number of ether oxygens (including phenoxy) is 1. The molecule has 1 heterocycles. The minimum absolute atomic E-state index is 0.197. The van der Waals surface area contributed by atoms with Gasteiger partial charge in [0.1, 0.15) is 11.6 Å². The van der Waals surface area contributed by atoms with Crippen LogP contribution < -0.4 is 15.0 Å². The molecule has 0 bridgehead atoms. The number of piperazine rings is 1. The first-order valence-electron chi connectivity index (χ1n) is 7.69. The Bertz CT molecular complexity index is 405. The van der Waals surface area contributed by atoms with Gasteiger partial charge in [0.15, 0.2) is 0 Å². The number of nitrogens with one attached hydrogen (secondary N) is 1. The fraction of sp³-hybridized carbons (Fsp3) is 0.625. The Labute approximate surface area is 121 Å². The van der Waals surface area contributed by atoms with Crippen molar-refractivity contribution in [2.45, 2.75) is 32.6 Å². The lowest BCUT2D eigenvalue weighted by molar-refractivity contribution is 0.304. The molecule has 0 spiro atoms. The van der Waals surface area contributed by atoms with Gasteiger partial charge in [-0.15, -0.1) is 0 Å². The van der Waals surface area contributed by atoms with Crippen LogP contribution in [0.4, 0.5) is 10.1 Å². The van der Waals surface area contributed by atoms with E-state index in [1.807, 2.05) is 0 Å². The average Bonchev–Trinajstić information content (AvgIpc) is 2.49. The van der Waals surface area contributed by atoms with Crippen LogP contribution in [0.25, 0.3) is 0 Å². The molecule has 1 aromatic rings. The predicted octanol–water partition coefficient (Wildman–Crippen LogP) is 3.19. The van der Waals surface area contributed by atoms with E-state index in [-0.39, 0.29) is 5.82 Å². The Morgan fingerprint density at radius 1 is 1.20 bits per heavy atom. The van der Waals surface area contributed by atoms with Crippen molar-refractivity contribution in [1.29, 1.82) is 0 Å². The molecule has 1 aromatic carbocycles. The van der Waals surface area contributed by atoms with E-state index >= 15 is 0 Å². The molecule has 4 heteroatoms. The highest BCUT2D eigenvalue weighted by molar-refractivity contribution is 5.59. The van der Waals surface area contributed by atoms with E-state index < -0.39 is 0 Å². The molecule has 0 amide bonds. The summed E-state index contributed by atoms with van der Waals surface area (Å²) >= 11 is 0. The second-order valence-corrected chi connectivity index (χ2v) is 5.26. The third-order valence-electron chi connectivity index (χ3n) is 3.63. The van der Waals surface area contributed by atoms with Crippen LogP contribution in [0.5, 0.6) is 5.75 Å². The minimum Gasteiger partial charge on any atom is -0.491 e. The molecule has 112 valence electrons. The van der Waals surface area contributed by atoms with E-state index in [1.165, 1.54) is 25.3 Å². The second-order valence-electron chi connectivity index (χ2n) is 5.26. The third-order valence-corrected chi connectivity index (χ3v) is 3.63. The topological polar surface area (TPSA) is 24.5 Å². The fourth-order valence-electron chi connectivity index (χ4n) is 2.48. The molecule has 1 aliphatic rings. The highest BCUT2D eigenvalue weighted by Gasteiger charge is 2.15. The molecule has 3 nitrogen and oxygen atoms in total. The van der Waals surface area contributed by atoms with Gasteiger partial charge in [-0.3, -0.25) is 0 Å². The van der Waals surface area contributed by atoms with Gasteiger partial charge in [0.2, 0.25) is 0 Å². The summed E-state index contributed by atoms with van der Waals surface area (Å²) in [4.78, 5) is 2.20. The molecule has 1 N–H and O–H groups in total. The molecule has 1 aliphatic heterocycles. The van der Waals surface area contributed by atoms with Gasteiger partial charge in [-0.05, 0) is 18.6 Å². The highest BCUT2D eigenvalue weighted by atomic mass is 19.1. The first kappa shape index (κ1) is 15.1. The quantitative estimate of drug-likeness (QED) is 0.776. The maximum absolute atomic E-state index is 13.5. The maximum Gasteiger partial charge on any atom is 0.142 e. The first-order valence-corrected chi connectivity index (χ1v) is 7.69. The van der Waals surface area contributed by atoms with Crippen molar-refractivity contribution < 1.29 is 9.13 Å². The van der Waals surface area contributed by atoms with Gasteiger partial charge in [0, 0.05) is 32.2 Å². The van der Waals surface area contributed by atoms with E-state index in [2.05, 4.69) is 17.1 Å². The molecule has 1 saturated heterocycles. The fourth-order valence-corrected chi connectivity index (χ4v) is 2.48. The third kappa shape index (κ3) is 4.37. The lowest BCUT2D eigenvalue weighted by Crippen LogP contribution is -2.43. The van der Waals surface area contributed by atoms with Crippen LogP contribution in [0.3, 0.4) is 0 Å². The van der Waals surface area contributed by atoms with E-state index in [4.69, 9.17) is 4.74 Å². The molecule has 0 radical (unpaired) electrons. The molecular formula is C16H25FN2O. The van der Waals surface area contributed by atoms with E-state index in [0.29, 0.717) is 6.61 Å². The number of rotatable bonds is 7. The predicted molar refractivity (Wildman–Crippen MR) is 81.1 cm³/mol. The summed E-state index contributed by atoms with van der Waals surface area (Å²) in [7, 11) is 0. The summed E-state index contributed by atoms with van der Waals surface area (Å²) in [6.07, 6.45) is 4.73. The zero-order valence-electron chi connectivity index (χ0n) is 12.3. The van der Waals surface area contributed by atoms with Gasteiger partial charge >= 0.3 is 0 Å². The molecule has 20 heavy (non-hydrogen) atoms. The van der Waals surface area contributed by atoms with Gasteiger partial charge in [0.05, 0.1) is 12.3 Å². The van der Waals surface area contributed by atoms with Crippen molar-refractivity contribution in [1.82, 2.24) is 5.32 Å². The lowest BCUT2D eigenvalue weighted by atomic mass is 10.2. The zero-order chi connectivity index (χ0) is 14.2. The Hall–Kier alpha value is -1.29. The average molecular weight is 280 g/mol. The SMILES string of the molecule is CCCCCCOc1ccc(F)cc1N1CCNCC1. The highest BCUT2D eigenvalue weighted by Crippen LogP contribution is 2.29. The number of unbranched alkanes of at least 4 members (excludes halogenated alkanes) is 3. The monoisotopic (exact) mass is 280 g/mol. The Morgan fingerprint density at radius 3 is 2.75 bits per heavy atom. The van der Waals surface area contributed by atoms with Crippen LogP contribution in [0.2, 0.25) is 0 Å². The Kier molecular flexibility index (Phi) is 6.12. The summed E-state index contributed by atoms with van der Waals surface area (Å²) < 4.78 is 19.4. The Balaban J connectivity index is 1.96. The number of anilines is 1. The van der Waals surface area contributed by atoms with E-state index in [1.54, 1.807) is 12.1 Å². The molecule has 0 saturated carbocycles. The zero-order valence-corrected chi connectivity index (χ0v) is 12.3. The summed E-state index contributed by atoms with van der Waals surface area (Å²) in [5.74, 6) is 0.613. The summed E-state index contributed by atoms with van der Waals surface area (Å²) in [5, 5.41) is 3.31. The van der Waals surface area contributed by atoms with Gasteiger partial charge in [-0.2, -0.15) is 0 Å². The number of nitrogens with zero attached hydrogens (tertiary/aromatic N) is 1. The van der Waals surface area contributed by atoms with Crippen LogP contribution in [0, 0.1) is 5.82 Å². The second kappa shape index (κ2) is 8.10. The summed E-state index contributed by atoms with van der Waals surface area (Å²) in [6.45, 7) is 6.58. The van der Waals surface area contributed by atoms with Crippen molar-refractivity contribution >= 4 is 5.69 Å². The summed E-state index contributed by atoms with van der Waals surface area (Å²) in [6, 6.07) is 4.83. The molecular weight excluding hydrogens is 255 g/mol. The van der Waals surface area contributed by atoms with Crippen LogP contribution in [0.1, 0.15) is 32.6 Å². The van der Waals surface area contributed by atoms with Crippen molar-refractivity contribution in [3.8, 4) is 5.75 Å². The van der Waals surface area contributed by atoms with Gasteiger partial charge in [-0.25, -0.2) is 4.39 Å². The van der Waals surface area contributed by atoms with E-state index in [0.717, 1.165) is 44.0 Å². The molecule has 0 atom stereocenters. The van der Waals surface area contributed by atoms with E-state index in [9.17, 15) is 4.39 Å². The molecule has 0 aromatic heterocycles. The number of halogens is 1. The minimum atomic E-state index is -0.197. The standard InChI is InChI=1S/C16H25FN2O/c1-2-3-4-5-12-20-16-7-6-14(17)13-15(16)19-10-8-18-9-11-19/h6-7,13,18H,2-5,8-12H2,1H3. The van der Waals surface area contributed by atoms with Gasteiger partial charge in [-0.1, -0.05) is 26.2 Å². The number of benzene rings is 1. The largest absolute Gasteiger partial charge is 0.491 e. The molecule has 0 aliphatic carbocycles. The smallest absolute Gasteiger partial charge is 0.142 e. The normalized spacial score (nSPS) is 15.4. The molecule has 0 unspecified atom stereocenters. The number of hydrogen-bond acceptors (Lipinski definition) is 3. The summed E-state index contributed by atoms with van der Waals surface area (Å²) in [5.41, 5.74) is 0.891. The Morgan fingerprint density at radius 2 is 2.00 bits per heavy atom. The van der Waals surface area contributed by atoms with Crippen LogP contribution in [0.15, 0.2) is 18.2 Å². The first-order chi connectivity index (χ1) is 9.81.